The molecule has 8 nitrogen and oxygen atoms in total. The summed E-state index contributed by atoms with van der Waals surface area (Å²) < 4.78 is 12.6. The molecule has 3 aromatic rings. The Morgan fingerprint density at radius 2 is 2.09 bits per heavy atom. The van der Waals surface area contributed by atoms with Crippen molar-refractivity contribution in [3.8, 4) is 17.1 Å². The van der Waals surface area contributed by atoms with Crippen molar-refractivity contribution in [3.63, 3.8) is 0 Å². The van der Waals surface area contributed by atoms with Gasteiger partial charge in [0, 0.05) is 12.5 Å². The van der Waals surface area contributed by atoms with Crippen molar-refractivity contribution >= 4 is 0 Å². The van der Waals surface area contributed by atoms with E-state index in [1.165, 1.54) is 0 Å². The summed E-state index contributed by atoms with van der Waals surface area (Å²) in [5.41, 5.74) is 0.881. The second-order valence-electron chi connectivity index (χ2n) is 5.22. The highest BCUT2D eigenvalue weighted by Crippen LogP contribution is 2.34. The molecule has 0 atom stereocenters. The van der Waals surface area contributed by atoms with Crippen LogP contribution >= 0.6 is 0 Å². The average Bonchev–Trinajstić information content (AvgIpc) is 3.11. The van der Waals surface area contributed by atoms with E-state index in [1.54, 1.807) is 6.92 Å². The predicted molar refractivity (Wildman–Crippen MR) is 74.9 cm³/mol. The Kier molecular flexibility index (Phi) is 3.06. The maximum atomic E-state index is 5.74. The van der Waals surface area contributed by atoms with Crippen LogP contribution in [0.15, 0.2) is 28.8 Å². The highest BCUT2D eigenvalue weighted by atomic mass is 16.5. The lowest BCUT2D eigenvalue weighted by Gasteiger charge is -2.06. The van der Waals surface area contributed by atoms with Crippen LogP contribution in [0, 0.1) is 6.92 Å². The largest absolute Gasteiger partial charge is 0.486 e. The number of hydrogen-bond acceptors (Lipinski definition) is 7. The van der Waals surface area contributed by atoms with Crippen LogP contribution in [0.3, 0.4) is 0 Å². The molecule has 1 aliphatic rings. The van der Waals surface area contributed by atoms with Gasteiger partial charge in [-0.25, -0.2) is 4.68 Å². The number of rotatable bonds is 5. The number of ether oxygens (including phenoxy) is 1. The molecule has 4 rings (SSSR count). The fraction of sp³-hybridized carbons (Fsp3) is 0.357. The number of tetrazole rings is 1. The Balaban J connectivity index is 1.44. The summed E-state index contributed by atoms with van der Waals surface area (Å²) in [6, 6.07) is 7.96. The third-order valence-corrected chi connectivity index (χ3v) is 3.46. The second kappa shape index (κ2) is 5.21. The number of aryl methyl sites for hydroxylation is 1. The van der Waals surface area contributed by atoms with Crippen LogP contribution in [-0.4, -0.2) is 30.3 Å². The molecule has 22 heavy (non-hydrogen) atoms. The van der Waals surface area contributed by atoms with Crippen molar-refractivity contribution in [1.82, 2.24) is 30.3 Å². The van der Waals surface area contributed by atoms with Crippen LogP contribution in [0.5, 0.6) is 5.75 Å². The van der Waals surface area contributed by atoms with Gasteiger partial charge in [0.25, 0.3) is 0 Å². The SMILES string of the molecule is Cc1nc(-c2ccc(OCc3nnnn3C3CC3)cc2)no1. The Hall–Kier alpha value is -2.77. The standard InChI is InChI=1S/C14H14N6O2/c1-9-15-14(17-22-9)10-2-6-12(7-3-10)21-8-13-16-18-19-20(13)11-4-5-11/h2-3,6-7,11H,4-5,8H2,1H3. The highest BCUT2D eigenvalue weighted by molar-refractivity contribution is 5.55. The molecule has 0 bridgehead atoms. The minimum absolute atomic E-state index is 0.351. The first kappa shape index (κ1) is 12.9. The normalized spacial score (nSPS) is 14.2. The molecule has 0 N–H and O–H groups in total. The summed E-state index contributed by atoms with van der Waals surface area (Å²) in [5.74, 6) is 2.61. The molecule has 1 aliphatic carbocycles. The fourth-order valence-electron chi connectivity index (χ4n) is 2.17. The van der Waals surface area contributed by atoms with Gasteiger partial charge in [-0.05, 0) is 47.5 Å². The smallest absolute Gasteiger partial charge is 0.223 e. The summed E-state index contributed by atoms with van der Waals surface area (Å²) in [4.78, 5) is 4.19. The third-order valence-electron chi connectivity index (χ3n) is 3.46. The molecule has 0 unspecified atom stereocenters. The van der Waals surface area contributed by atoms with Crippen molar-refractivity contribution in [3.05, 3.63) is 36.0 Å². The zero-order valence-corrected chi connectivity index (χ0v) is 12.0. The quantitative estimate of drug-likeness (QED) is 0.710. The molecule has 1 saturated carbocycles. The summed E-state index contributed by atoms with van der Waals surface area (Å²) in [6.07, 6.45) is 2.27. The Morgan fingerprint density at radius 1 is 1.27 bits per heavy atom. The van der Waals surface area contributed by atoms with E-state index in [4.69, 9.17) is 9.26 Å². The number of nitrogens with zero attached hydrogens (tertiary/aromatic N) is 6. The molecule has 2 heterocycles. The minimum Gasteiger partial charge on any atom is -0.486 e. The molecular formula is C14H14N6O2. The van der Waals surface area contributed by atoms with Crippen LogP contribution in [0.1, 0.15) is 30.6 Å². The molecule has 8 heteroatoms. The van der Waals surface area contributed by atoms with Crippen LogP contribution < -0.4 is 4.74 Å². The van der Waals surface area contributed by atoms with Crippen molar-refractivity contribution < 1.29 is 9.26 Å². The van der Waals surface area contributed by atoms with Gasteiger partial charge < -0.3 is 9.26 Å². The Labute approximate surface area is 126 Å². The van der Waals surface area contributed by atoms with E-state index in [9.17, 15) is 0 Å². The zero-order valence-electron chi connectivity index (χ0n) is 12.0. The number of hydrogen-bond donors (Lipinski definition) is 0. The molecule has 0 amide bonds. The van der Waals surface area contributed by atoms with E-state index in [2.05, 4.69) is 25.7 Å². The zero-order chi connectivity index (χ0) is 14.9. The first-order chi connectivity index (χ1) is 10.8. The maximum absolute atomic E-state index is 5.74. The third kappa shape index (κ3) is 2.54. The van der Waals surface area contributed by atoms with Crippen LogP contribution in [-0.2, 0) is 6.61 Å². The fourth-order valence-corrected chi connectivity index (χ4v) is 2.17. The van der Waals surface area contributed by atoms with Gasteiger partial charge in [0.1, 0.15) is 12.4 Å². The molecule has 1 fully saturated rings. The highest BCUT2D eigenvalue weighted by Gasteiger charge is 2.27. The molecule has 112 valence electrons. The van der Waals surface area contributed by atoms with E-state index in [0.29, 0.717) is 24.4 Å². The molecule has 0 spiro atoms. The van der Waals surface area contributed by atoms with Crippen molar-refractivity contribution in [2.75, 3.05) is 0 Å². The van der Waals surface area contributed by atoms with Crippen molar-refractivity contribution in [2.45, 2.75) is 32.4 Å². The first-order valence-electron chi connectivity index (χ1n) is 7.10. The Morgan fingerprint density at radius 3 is 2.77 bits per heavy atom. The van der Waals surface area contributed by atoms with Gasteiger partial charge in [0.05, 0.1) is 6.04 Å². The van der Waals surface area contributed by atoms with E-state index in [0.717, 1.165) is 30.0 Å². The molecule has 2 aromatic heterocycles. The molecule has 1 aromatic carbocycles. The molecular weight excluding hydrogens is 284 g/mol. The summed E-state index contributed by atoms with van der Waals surface area (Å²) in [7, 11) is 0. The van der Waals surface area contributed by atoms with Gasteiger partial charge in [-0.15, -0.1) is 5.10 Å². The summed E-state index contributed by atoms with van der Waals surface area (Å²) in [5, 5.41) is 15.6. The average molecular weight is 298 g/mol. The van der Waals surface area contributed by atoms with Gasteiger partial charge in [-0.1, -0.05) is 5.16 Å². The number of benzene rings is 1. The van der Waals surface area contributed by atoms with Gasteiger partial charge >= 0.3 is 0 Å². The van der Waals surface area contributed by atoms with E-state index in [1.807, 2.05) is 28.9 Å². The maximum Gasteiger partial charge on any atom is 0.223 e. The summed E-state index contributed by atoms with van der Waals surface area (Å²) >= 11 is 0. The molecule has 0 saturated heterocycles. The monoisotopic (exact) mass is 298 g/mol. The lowest BCUT2D eigenvalue weighted by molar-refractivity contribution is 0.286. The molecule has 0 radical (unpaired) electrons. The van der Waals surface area contributed by atoms with Crippen LogP contribution in [0.4, 0.5) is 0 Å². The van der Waals surface area contributed by atoms with Gasteiger partial charge in [0.2, 0.25) is 11.7 Å². The first-order valence-corrected chi connectivity index (χ1v) is 7.10. The van der Waals surface area contributed by atoms with Crippen LogP contribution in [0.25, 0.3) is 11.4 Å². The topological polar surface area (TPSA) is 91.8 Å². The number of aromatic nitrogens is 6. The predicted octanol–water partition coefficient (Wildman–Crippen LogP) is 1.95. The second-order valence-corrected chi connectivity index (χ2v) is 5.22. The van der Waals surface area contributed by atoms with Crippen LogP contribution in [0.2, 0.25) is 0 Å². The minimum atomic E-state index is 0.351. The van der Waals surface area contributed by atoms with E-state index < -0.39 is 0 Å². The van der Waals surface area contributed by atoms with Gasteiger partial charge in [0.15, 0.2) is 5.82 Å². The van der Waals surface area contributed by atoms with E-state index in [-0.39, 0.29) is 0 Å². The van der Waals surface area contributed by atoms with Crippen molar-refractivity contribution in [1.29, 1.82) is 0 Å². The van der Waals surface area contributed by atoms with Gasteiger partial charge in [-0.3, -0.25) is 0 Å². The van der Waals surface area contributed by atoms with Gasteiger partial charge in [-0.2, -0.15) is 4.98 Å². The van der Waals surface area contributed by atoms with E-state index >= 15 is 0 Å². The lowest BCUT2D eigenvalue weighted by Crippen LogP contribution is -2.07. The Bertz CT molecular complexity index is 775. The summed E-state index contributed by atoms with van der Waals surface area (Å²) in [6.45, 7) is 2.11. The molecule has 0 aliphatic heterocycles. The van der Waals surface area contributed by atoms with Crippen molar-refractivity contribution in [2.24, 2.45) is 0 Å². The lowest BCUT2D eigenvalue weighted by atomic mass is 10.2.